The van der Waals surface area contributed by atoms with Crippen LogP contribution in [0.15, 0.2) is 48.5 Å². The second-order valence-electron chi connectivity index (χ2n) is 4.22. The highest BCUT2D eigenvalue weighted by Crippen LogP contribution is 2.21. The largest absolute Gasteiger partial charge is 0.294 e. The second kappa shape index (κ2) is 4.02. The maximum absolute atomic E-state index is 12.2. The Bertz CT molecular complexity index is 608. The fraction of sp³-hybridized carbons (Fsp3) is 0.0625. The first kappa shape index (κ1) is 10.0. The summed E-state index contributed by atoms with van der Waals surface area (Å²) in [6, 6.07) is 15.8. The number of ketones is 1. The van der Waals surface area contributed by atoms with Crippen molar-refractivity contribution in [3.63, 3.8) is 0 Å². The summed E-state index contributed by atoms with van der Waals surface area (Å²) >= 11 is 0. The Hall–Kier alpha value is -2.15. The van der Waals surface area contributed by atoms with Gasteiger partial charge in [0.05, 0.1) is 0 Å². The van der Waals surface area contributed by atoms with Crippen molar-refractivity contribution in [2.24, 2.45) is 0 Å². The van der Waals surface area contributed by atoms with E-state index in [0.29, 0.717) is 6.42 Å². The molecule has 0 saturated heterocycles. The lowest BCUT2D eigenvalue weighted by atomic mass is 9.92. The van der Waals surface area contributed by atoms with Gasteiger partial charge in [0.2, 0.25) is 0 Å². The van der Waals surface area contributed by atoms with E-state index in [1.165, 1.54) is 0 Å². The molecule has 0 fully saturated rings. The molecular weight excluding hydrogens is 208 g/mol. The Morgan fingerprint density at radius 2 is 1.41 bits per heavy atom. The number of fused-ring (bicyclic) bond motifs is 2. The predicted octanol–water partition coefficient (Wildman–Crippen LogP) is 3.60. The monoisotopic (exact) mass is 220 g/mol. The van der Waals surface area contributed by atoms with Gasteiger partial charge in [-0.25, -0.2) is 0 Å². The van der Waals surface area contributed by atoms with E-state index in [1.54, 1.807) is 0 Å². The standard InChI is InChI=1S/C16H12O/c17-16-11-14-7-2-1-5-12(14)9-10-13-6-3-4-8-15(13)16/h1-10H,11H2/b10-9-. The van der Waals surface area contributed by atoms with E-state index in [1.807, 2.05) is 54.6 Å². The van der Waals surface area contributed by atoms with Crippen LogP contribution in [-0.2, 0) is 6.42 Å². The van der Waals surface area contributed by atoms with Crippen LogP contribution in [0.1, 0.15) is 27.0 Å². The molecule has 82 valence electrons. The van der Waals surface area contributed by atoms with E-state index in [0.717, 1.165) is 22.3 Å². The van der Waals surface area contributed by atoms with Gasteiger partial charge in [-0.2, -0.15) is 0 Å². The normalized spacial score (nSPS) is 15.4. The minimum absolute atomic E-state index is 0.192. The van der Waals surface area contributed by atoms with Crippen molar-refractivity contribution in [1.29, 1.82) is 0 Å². The Kier molecular flexibility index (Phi) is 2.37. The lowest BCUT2D eigenvalue weighted by molar-refractivity contribution is 0.0992. The van der Waals surface area contributed by atoms with Crippen LogP contribution in [0, 0.1) is 0 Å². The molecule has 1 heteroatoms. The molecule has 3 rings (SSSR count). The lowest BCUT2D eigenvalue weighted by Crippen LogP contribution is -2.08. The first-order valence-electron chi connectivity index (χ1n) is 5.73. The highest BCUT2D eigenvalue weighted by Gasteiger charge is 2.13. The van der Waals surface area contributed by atoms with Crippen LogP contribution in [0.5, 0.6) is 0 Å². The third kappa shape index (κ3) is 1.80. The molecule has 17 heavy (non-hydrogen) atoms. The molecule has 0 aliphatic heterocycles. The summed E-state index contributed by atoms with van der Waals surface area (Å²) in [6.45, 7) is 0. The van der Waals surface area contributed by atoms with Crippen LogP contribution in [0.3, 0.4) is 0 Å². The van der Waals surface area contributed by atoms with Gasteiger partial charge >= 0.3 is 0 Å². The van der Waals surface area contributed by atoms with E-state index in [4.69, 9.17) is 0 Å². The molecule has 0 radical (unpaired) electrons. The van der Waals surface area contributed by atoms with Crippen LogP contribution in [0.2, 0.25) is 0 Å². The number of rotatable bonds is 0. The summed E-state index contributed by atoms with van der Waals surface area (Å²) in [5.41, 5.74) is 4.06. The van der Waals surface area contributed by atoms with Crippen molar-refractivity contribution in [3.05, 3.63) is 70.8 Å². The quantitative estimate of drug-likeness (QED) is 0.663. The molecule has 1 nitrogen and oxygen atoms in total. The van der Waals surface area contributed by atoms with Crippen molar-refractivity contribution < 1.29 is 4.79 Å². The number of hydrogen-bond acceptors (Lipinski definition) is 1. The lowest BCUT2D eigenvalue weighted by Gasteiger charge is -2.11. The summed E-state index contributed by atoms with van der Waals surface area (Å²) in [6.07, 6.45) is 4.59. The van der Waals surface area contributed by atoms with Crippen LogP contribution < -0.4 is 0 Å². The number of benzene rings is 2. The summed E-state index contributed by atoms with van der Waals surface area (Å²) in [5.74, 6) is 0.192. The molecule has 0 N–H and O–H groups in total. The van der Waals surface area contributed by atoms with Gasteiger partial charge in [-0.1, -0.05) is 60.7 Å². The number of Topliss-reactive ketones (excluding diaryl/α,β-unsaturated/α-hetero) is 1. The van der Waals surface area contributed by atoms with E-state index < -0.39 is 0 Å². The second-order valence-corrected chi connectivity index (χ2v) is 4.22. The average molecular weight is 220 g/mol. The van der Waals surface area contributed by atoms with Gasteiger partial charge < -0.3 is 0 Å². The molecule has 0 bridgehead atoms. The van der Waals surface area contributed by atoms with Gasteiger partial charge in [-0.3, -0.25) is 4.79 Å². The Morgan fingerprint density at radius 3 is 2.29 bits per heavy atom. The minimum atomic E-state index is 0.192. The molecule has 2 aromatic rings. The third-order valence-corrected chi connectivity index (χ3v) is 3.11. The fourth-order valence-corrected chi connectivity index (χ4v) is 2.20. The predicted molar refractivity (Wildman–Crippen MR) is 69.8 cm³/mol. The molecule has 2 aromatic carbocycles. The van der Waals surface area contributed by atoms with E-state index >= 15 is 0 Å². The van der Waals surface area contributed by atoms with E-state index in [9.17, 15) is 4.79 Å². The Morgan fingerprint density at radius 1 is 0.765 bits per heavy atom. The van der Waals surface area contributed by atoms with Crippen LogP contribution in [0.4, 0.5) is 0 Å². The average Bonchev–Trinajstić information content (AvgIpc) is 2.36. The summed E-state index contributed by atoms with van der Waals surface area (Å²) in [5, 5.41) is 0. The maximum atomic E-state index is 12.2. The van der Waals surface area contributed by atoms with Crippen molar-refractivity contribution >= 4 is 17.9 Å². The number of hydrogen-bond donors (Lipinski definition) is 0. The summed E-state index contributed by atoms with van der Waals surface area (Å²) < 4.78 is 0. The van der Waals surface area contributed by atoms with Gasteiger partial charge in [0.1, 0.15) is 0 Å². The highest BCUT2D eigenvalue weighted by atomic mass is 16.1. The smallest absolute Gasteiger partial charge is 0.167 e. The topological polar surface area (TPSA) is 17.1 Å². The van der Waals surface area contributed by atoms with Gasteiger partial charge in [-0.15, -0.1) is 0 Å². The van der Waals surface area contributed by atoms with Crippen LogP contribution >= 0.6 is 0 Å². The molecule has 0 saturated carbocycles. The molecule has 1 aliphatic rings. The minimum Gasteiger partial charge on any atom is -0.294 e. The van der Waals surface area contributed by atoms with Crippen LogP contribution in [0.25, 0.3) is 12.2 Å². The summed E-state index contributed by atoms with van der Waals surface area (Å²) in [4.78, 5) is 12.2. The van der Waals surface area contributed by atoms with E-state index in [-0.39, 0.29) is 5.78 Å². The van der Waals surface area contributed by atoms with E-state index in [2.05, 4.69) is 6.08 Å². The molecule has 0 heterocycles. The van der Waals surface area contributed by atoms with Gasteiger partial charge in [0.15, 0.2) is 5.78 Å². The fourth-order valence-electron chi connectivity index (χ4n) is 2.20. The van der Waals surface area contributed by atoms with Crippen LogP contribution in [-0.4, -0.2) is 5.78 Å². The third-order valence-electron chi connectivity index (χ3n) is 3.11. The number of carbonyl (C=O) groups is 1. The van der Waals surface area contributed by atoms with Crippen molar-refractivity contribution in [3.8, 4) is 0 Å². The molecule has 0 unspecified atom stereocenters. The Balaban J connectivity index is 2.19. The zero-order chi connectivity index (χ0) is 11.7. The molecular formula is C16H12O. The first-order chi connectivity index (χ1) is 8.34. The van der Waals surface area contributed by atoms with Crippen molar-refractivity contribution in [2.45, 2.75) is 6.42 Å². The van der Waals surface area contributed by atoms with Crippen molar-refractivity contribution in [1.82, 2.24) is 0 Å². The molecule has 1 aliphatic carbocycles. The Labute approximate surface area is 100 Å². The van der Waals surface area contributed by atoms with Crippen molar-refractivity contribution in [2.75, 3.05) is 0 Å². The number of carbonyl (C=O) groups excluding carboxylic acids is 1. The highest BCUT2D eigenvalue weighted by molar-refractivity contribution is 6.02. The molecule has 0 spiro atoms. The molecule has 0 aromatic heterocycles. The first-order valence-corrected chi connectivity index (χ1v) is 5.73. The zero-order valence-corrected chi connectivity index (χ0v) is 9.39. The maximum Gasteiger partial charge on any atom is 0.167 e. The van der Waals surface area contributed by atoms with Gasteiger partial charge in [0.25, 0.3) is 0 Å². The van der Waals surface area contributed by atoms with Gasteiger partial charge in [0, 0.05) is 12.0 Å². The zero-order valence-electron chi connectivity index (χ0n) is 9.39. The summed E-state index contributed by atoms with van der Waals surface area (Å²) in [7, 11) is 0. The SMILES string of the molecule is O=C1Cc2ccccc2/C=C\c2ccccc21. The molecule has 0 atom stereocenters. The molecule has 0 amide bonds. The van der Waals surface area contributed by atoms with Gasteiger partial charge in [-0.05, 0) is 16.7 Å².